The fourth-order valence-electron chi connectivity index (χ4n) is 3.46. The Morgan fingerprint density at radius 3 is 2.74 bits per heavy atom. The number of methoxy groups -OCH3 is 1. The van der Waals surface area contributed by atoms with E-state index in [9.17, 15) is 4.79 Å². The first-order valence-electron chi connectivity index (χ1n) is 10.1. The Morgan fingerprint density at radius 2 is 2.03 bits per heavy atom. The molecule has 3 heterocycles. The zero-order valence-corrected chi connectivity index (χ0v) is 18.6. The summed E-state index contributed by atoms with van der Waals surface area (Å²) in [5.74, 6) is 0.704. The molecule has 1 N–H and O–H groups in total. The highest BCUT2D eigenvalue weighted by Gasteiger charge is 2.27. The summed E-state index contributed by atoms with van der Waals surface area (Å²) >= 11 is 1.49. The maximum Gasteiger partial charge on any atom is 0.240 e. The average molecular weight is 440 g/mol. The maximum atomic E-state index is 12.5. The van der Waals surface area contributed by atoms with Crippen molar-refractivity contribution in [3.63, 3.8) is 0 Å². The lowest BCUT2D eigenvalue weighted by Gasteiger charge is -2.32. The Bertz CT molecular complexity index is 1030. The second-order valence-electron chi connectivity index (χ2n) is 7.32. The Kier molecular flexibility index (Phi) is 6.55. The molecule has 1 aliphatic rings. The van der Waals surface area contributed by atoms with Crippen LogP contribution < -0.4 is 10.1 Å². The lowest BCUT2D eigenvalue weighted by Crippen LogP contribution is -2.42. The van der Waals surface area contributed by atoms with Crippen molar-refractivity contribution in [2.75, 3.05) is 38.7 Å². The van der Waals surface area contributed by atoms with Crippen LogP contribution >= 0.6 is 11.3 Å². The van der Waals surface area contributed by atoms with Crippen LogP contribution in [-0.4, -0.2) is 59.1 Å². The lowest BCUT2D eigenvalue weighted by molar-refractivity contribution is -0.119. The minimum Gasteiger partial charge on any atom is -0.497 e. The molecule has 0 spiro atoms. The monoisotopic (exact) mass is 439 g/mol. The summed E-state index contributed by atoms with van der Waals surface area (Å²) in [7, 11) is 1.64. The van der Waals surface area contributed by atoms with Gasteiger partial charge in [0.1, 0.15) is 11.9 Å². The number of ether oxygens (including phenoxy) is 2. The quantitative estimate of drug-likeness (QED) is 0.631. The predicted molar refractivity (Wildman–Crippen MR) is 119 cm³/mol. The SMILES string of the molecule is COc1ccc(-c2nccnc2[C@@H]2CN(CC(=O)Nc3nc(C)c(C)s3)CCO2)cc1. The molecule has 31 heavy (non-hydrogen) atoms. The molecule has 9 heteroatoms. The van der Waals surface area contributed by atoms with Gasteiger partial charge in [0.2, 0.25) is 5.91 Å². The summed E-state index contributed by atoms with van der Waals surface area (Å²) in [4.78, 5) is 29.2. The molecule has 1 aliphatic heterocycles. The number of carbonyl (C=O) groups excluding carboxylic acids is 1. The number of carbonyl (C=O) groups is 1. The molecule has 1 amide bonds. The molecule has 1 saturated heterocycles. The van der Waals surface area contributed by atoms with Crippen LogP contribution in [0.4, 0.5) is 5.13 Å². The molecule has 2 aromatic heterocycles. The fraction of sp³-hybridized carbons (Fsp3) is 0.364. The number of anilines is 1. The van der Waals surface area contributed by atoms with Gasteiger partial charge in [-0.1, -0.05) is 0 Å². The Balaban J connectivity index is 1.45. The van der Waals surface area contributed by atoms with Crippen LogP contribution in [0.2, 0.25) is 0 Å². The van der Waals surface area contributed by atoms with E-state index >= 15 is 0 Å². The van der Waals surface area contributed by atoms with Gasteiger partial charge in [-0.15, -0.1) is 11.3 Å². The molecule has 4 rings (SSSR count). The van der Waals surface area contributed by atoms with Crippen LogP contribution in [0, 0.1) is 13.8 Å². The molecule has 0 saturated carbocycles. The molecule has 1 atom stereocenters. The molecule has 0 bridgehead atoms. The summed E-state index contributed by atoms with van der Waals surface area (Å²) in [5.41, 5.74) is 3.43. The number of nitrogens with zero attached hydrogens (tertiary/aromatic N) is 4. The molecule has 162 valence electrons. The minimum absolute atomic E-state index is 0.0797. The average Bonchev–Trinajstić information content (AvgIpc) is 3.10. The van der Waals surface area contributed by atoms with E-state index in [2.05, 4.69) is 25.2 Å². The molecule has 8 nitrogen and oxygen atoms in total. The van der Waals surface area contributed by atoms with E-state index in [1.165, 1.54) is 11.3 Å². The number of rotatable bonds is 6. The van der Waals surface area contributed by atoms with Crippen molar-refractivity contribution >= 4 is 22.4 Å². The number of thiazole rings is 1. The van der Waals surface area contributed by atoms with Gasteiger partial charge in [0.15, 0.2) is 5.13 Å². The molecule has 1 aromatic carbocycles. The van der Waals surface area contributed by atoms with Crippen molar-refractivity contribution in [2.24, 2.45) is 0 Å². The third-order valence-corrected chi connectivity index (χ3v) is 6.18. The topological polar surface area (TPSA) is 89.5 Å². The summed E-state index contributed by atoms with van der Waals surface area (Å²) in [6.45, 7) is 5.97. The van der Waals surface area contributed by atoms with Crippen molar-refractivity contribution in [3.8, 4) is 17.0 Å². The van der Waals surface area contributed by atoms with Crippen LogP contribution in [0.3, 0.4) is 0 Å². The number of aromatic nitrogens is 3. The van der Waals surface area contributed by atoms with Crippen molar-refractivity contribution in [1.82, 2.24) is 19.9 Å². The van der Waals surface area contributed by atoms with Crippen LogP contribution in [0.1, 0.15) is 22.4 Å². The maximum absolute atomic E-state index is 12.5. The first-order chi connectivity index (χ1) is 15.0. The van der Waals surface area contributed by atoms with Crippen molar-refractivity contribution < 1.29 is 14.3 Å². The molecule has 0 unspecified atom stereocenters. The van der Waals surface area contributed by atoms with E-state index in [4.69, 9.17) is 9.47 Å². The summed E-state index contributed by atoms with van der Waals surface area (Å²) in [6.07, 6.45) is 3.08. The molecular formula is C22H25N5O3S. The van der Waals surface area contributed by atoms with Gasteiger partial charge in [-0.05, 0) is 38.1 Å². The van der Waals surface area contributed by atoms with Gasteiger partial charge in [0, 0.05) is 35.9 Å². The zero-order chi connectivity index (χ0) is 21.8. The van der Waals surface area contributed by atoms with Gasteiger partial charge in [0.05, 0.1) is 37.3 Å². The standard InChI is InChI=1S/C22H25N5O3S/c1-14-15(2)31-22(25-14)26-19(28)13-27-10-11-30-18(12-27)21-20(23-8-9-24-21)16-4-6-17(29-3)7-5-16/h4-9,18H,10-13H2,1-3H3,(H,25,26,28)/t18-/m0/s1. The highest BCUT2D eigenvalue weighted by atomic mass is 32.1. The number of morpholine rings is 1. The molecule has 3 aromatic rings. The van der Waals surface area contributed by atoms with E-state index in [-0.39, 0.29) is 18.6 Å². The van der Waals surface area contributed by atoms with Crippen LogP contribution in [0.15, 0.2) is 36.7 Å². The summed E-state index contributed by atoms with van der Waals surface area (Å²) in [5, 5.41) is 3.54. The molecule has 0 radical (unpaired) electrons. The Morgan fingerprint density at radius 1 is 1.26 bits per heavy atom. The fourth-order valence-corrected chi connectivity index (χ4v) is 4.29. The number of hydrogen-bond donors (Lipinski definition) is 1. The van der Waals surface area contributed by atoms with Crippen molar-refractivity contribution in [1.29, 1.82) is 0 Å². The predicted octanol–water partition coefficient (Wildman–Crippen LogP) is 3.24. The third-order valence-electron chi connectivity index (χ3n) is 5.19. The van der Waals surface area contributed by atoms with E-state index in [1.54, 1.807) is 19.5 Å². The number of hydrogen-bond acceptors (Lipinski definition) is 8. The van der Waals surface area contributed by atoms with Crippen molar-refractivity contribution in [2.45, 2.75) is 20.0 Å². The van der Waals surface area contributed by atoms with E-state index in [1.807, 2.05) is 38.1 Å². The molecular weight excluding hydrogens is 414 g/mol. The van der Waals surface area contributed by atoms with Crippen LogP contribution in [-0.2, 0) is 9.53 Å². The van der Waals surface area contributed by atoms with Gasteiger partial charge >= 0.3 is 0 Å². The number of amides is 1. The minimum atomic E-state index is -0.267. The number of aryl methyl sites for hydroxylation is 2. The van der Waals surface area contributed by atoms with Crippen LogP contribution in [0.5, 0.6) is 5.75 Å². The van der Waals surface area contributed by atoms with Gasteiger partial charge in [-0.25, -0.2) is 4.98 Å². The van der Waals surface area contributed by atoms with Crippen molar-refractivity contribution in [3.05, 3.63) is 52.9 Å². The van der Waals surface area contributed by atoms with E-state index < -0.39 is 0 Å². The zero-order valence-electron chi connectivity index (χ0n) is 17.8. The highest BCUT2D eigenvalue weighted by Crippen LogP contribution is 2.30. The van der Waals surface area contributed by atoms with Gasteiger partial charge in [-0.3, -0.25) is 19.7 Å². The summed E-state index contributed by atoms with van der Waals surface area (Å²) in [6, 6.07) is 7.71. The Labute approximate surface area is 185 Å². The number of benzene rings is 1. The number of nitrogens with one attached hydrogen (secondary N) is 1. The second kappa shape index (κ2) is 9.51. The molecule has 0 aliphatic carbocycles. The van der Waals surface area contributed by atoms with Gasteiger partial charge in [0.25, 0.3) is 0 Å². The third kappa shape index (κ3) is 5.07. The Hall–Kier alpha value is -2.88. The smallest absolute Gasteiger partial charge is 0.240 e. The second-order valence-corrected chi connectivity index (χ2v) is 8.53. The van der Waals surface area contributed by atoms with Crippen LogP contribution in [0.25, 0.3) is 11.3 Å². The van der Waals surface area contributed by atoms with Gasteiger partial charge < -0.3 is 14.8 Å². The first kappa shape index (κ1) is 21.4. The van der Waals surface area contributed by atoms with E-state index in [0.29, 0.717) is 24.8 Å². The van der Waals surface area contributed by atoms with E-state index in [0.717, 1.165) is 33.3 Å². The van der Waals surface area contributed by atoms with Gasteiger partial charge in [-0.2, -0.15) is 0 Å². The largest absolute Gasteiger partial charge is 0.497 e. The summed E-state index contributed by atoms with van der Waals surface area (Å²) < 4.78 is 11.3. The molecule has 1 fully saturated rings. The normalized spacial score (nSPS) is 16.8. The highest BCUT2D eigenvalue weighted by molar-refractivity contribution is 7.15. The first-order valence-corrected chi connectivity index (χ1v) is 10.9. The lowest BCUT2D eigenvalue weighted by atomic mass is 10.1.